The molecule has 4 bridgehead atoms. The molecule has 3 heterocycles. The van der Waals surface area contributed by atoms with Crippen LogP contribution in [0, 0.1) is 17.8 Å². The Morgan fingerprint density at radius 3 is 2.81 bits per heavy atom. The summed E-state index contributed by atoms with van der Waals surface area (Å²) in [6.45, 7) is 1.53. The number of pyridine rings is 1. The van der Waals surface area contributed by atoms with E-state index >= 15 is 0 Å². The number of fused-ring (bicyclic) bond motifs is 3. The van der Waals surface area contributed by atoms with Crippen LogP contribution in [-0.2, 0) is 31.9 Å². The third-order valence-electron chi connectivity index (χ3n) is 9.35. The van der Waals surface area contributed by atoms with Crippen molar-refractivity contribution in [2.24, 2.45) is 17.8 Å². The van der Waals surface area contributed by atoms with E-state index in [1.165, 1.54) is 0 Å². The molecule has 1 saturated heterocycles. The molecular weight excluding hydrogens is 472 g/mol. The van der Waals surface area contributed by atoms with E-state index in [1.54, 1.807) is 12.0 Å². The number of morpholine rings is 1. The molecule has 9 heteroatoms. The van der Waals surface area contributed by atoms with Crippen LogP contribution in [-0.4, -0.2) is 81.6 Å². The van der Waals surface area contributed by atoms with Gasteiger partial charge in [-0.15, -0.1) is 0 Å². The Kier molecular flexibility index (Phi) is 5.53. The second kappa shape index (κ2) is 8.71. The lowest BCUT2D eigenvalue weighted by Gasteiger charge is -2.58. The molecule has 3 unspecified atom stereocenters. The van der Waals surface area contributed by atoms with Gasteiger partial charge < -0.3 is 19.5 Å². The van der Waals surface area contributed by atoms with E-state index in [0.717, 1.165) is 60.7 Å². The van der Waals surface area contributed by atoms with Gasteiger partial charge in [0.25, 0.3) is 5.91 Å². The predicted octanol–water partition coefficient (Wildman–Crippen LogP) is 2.10. The Balaban J connectivity index is 1.22. The highest BCUT2D eigenvalue weighted by Gasteiger charge is 2.56. The van der Waals surface area contributed by atoms with Crippen molar-refractivity contribution in [1.82, 2.24) is 19.7 Å². The Bertz CT molecular complexity index is 1280. The predicted molar refractivity (Wildman–Crippen MR) is 135 cm³/mol. The minimum atomic E-state index is -0.524. The van der Waals surface area contributed by atoms with E-state index in [-0.39, 0.29) is 18.6 Å². The number of Topliss-reactive ketones (excluding diaryl/α,β-unsaturated/α-hetero) is 1. The van der Waals surface area contributed by atoms with Gasteiger partial charge in [-0.2, -0.15) is 5.10 Å². The van der Waals surface area contributed by atoms with E-state index in [9.17, 15) is 14.7 Å². The van der Waals surface area contributed by atoms with Gasteiger partial charge in [0.05, 0.1) is 54.3 Å². The van der Waals surface area contributed by atoms with Crippen LogP contribution >= 0.6 is 0 Å². The molecule has 6 atom stereocenters. The molecule has 1 N–H and O–H groups in total. The zero-order valence-corrected chi connectivity index (χ0v) is 21.3. The minimum absolute atomic E-state index is 0.0482. The van der Waals surface area contributed by atoms with Crippen LogP contribution in [0.25, 0.3) is 17.0 Å². The SMILES string of the molecule is COC[C@@H]1CN(C(=O)C(=O)Cc2nn(C3[C@@H]4CC5C[C@H]3CC(O)(C5)C4)c3c4c(ncc23)CC=C4)CCO1. The number of hydrogen-bond donors (Lipinski definition) is 1. The van der Waals surface area contributed by atoms with Crippen molar-refractivity contribution in [3.05, 3.63) is 29.2 Å². The van der Waals surface area contributed by atoms with Crippen LogP contribution in [0.15, 0.2) is 12.3 Å². The molecule has 9 nitrogen and oxygen atoms in total. The molecule has 4 saturated carbocycles. The van der Waals surface area contributed by atoms with Crippen LogP contribution in [0.2, 0.25) is 0 Å². The Morgan fingerprint density at radius 2 is 2.05 bits per heavy atom. The highest BCUT2D eigenvalue weighted by molar-refractivity contribution is 6.36. The number of rotatable bonds is 6. The zero-order valence-electron chi connectivity index (χ0n) is 21.3. The Morgan fingerprint density at radius 1 is 1.24 bits per heavy atom. The van der Waals surface area contributed by atoms with Crippen molar-refractivity contribution in [2.45, 2.75) is 62.7 Å². The molecule has 8 rings (SSSR count). The summed E-state index contributed by atoms with van der Waals surface area (Å²) in [5.74, 6) is 0.412. The molecule has 1 aliphatic heterocycles. The van der Waals surface area contributed by atoms with Crippen LogP contribution in [0.3, 0.4) is 0 Å². The number of aliphatic hydroxyl groups is 1. The lowest BCUT2D eigenvalue weighted by Crippen LogP contribution is -2.55. The molecule has 37 heavy (non-hydrogen) atoms. The number of ether oxygens (including phenoxy) is 2. The van der Waals surface area contributed by atoms with Gasteiger partial charge in [-0.25, -0.2) is 0 Å². The van der Waals surface area contributed by atoms with Gasteiger partial charge >= 0.3 is 0 Å². The lowest BCUT2D eigenvalue weighted by molar-refractivity contribution is -0.150. The Labute approximate surface area is 215 Å². The van der Waals surface area contributed by atoms with Crippen LogP contribution in [0.1, 0.15) is 55.1 Å². The summed E-state index contributed by atoms with van der Waals surface area (Å²) >= 11 is 0. The van der Waals surface area contributed by atoms with Crippen molar-refractivity contribution in [1.29, 1.82) is 0 Å². The molecule has 0 spiro atoms. The average Bonchev–Trinajstić information content (AvgIpc) is 3.47. The normalized spacial score (nSPS) is 33.9. The third-order valence-corrected chi connectivity index (χ3v) is 9.35. The van der Waals surface area contributed by atoms with Gasteiger partial charge in [0.1, 0.15) is 0 Å². The largest absolute Gasteiger partial charge is 0.390 e. The maximum atomic E-state index is 13.2. The summed E-state index contributed by atoms with van der Waals surface area (Å²) in [7, 11) is 1.60. The summed E-state index contributed by atoms with van der Waals surface area (Å²) in [5.41, 5.74) is 3.24. The fourth-order valence-corrected chi connectivity index (χ4v) is 8.17. The molecule has 2 aromatic rings. The summed E-state index contributed by atoms with van der Waals surface area (Å²) in [5, 5.41) is 17.1. The summed E-state index contributed by atoms with van der Waals surface area (Å²) in [4.78, 5) is 32.6. The number of allylic oxidation sites excluding steroid dienone is 1. The van der Waals surface area contributed by atoms with Crippen LogP contribution < -0.4 is 0 Å². The molecule has 0 radical (unpaired) electrons. The molecular formula is C28H34N4O5. The number of ketones is 1. The molecule has 196 valence electrons. The first-order chi connectivity index (χ1) is 17.9. The van der Waals surface area contributed by atoms with E-state index in [4.69, 9.17) is 14.6 Å². The smallest absolute Gasteiger partial charge is 0.290 e. The number of amides is 1. The second-order valence-corrected chi connectivity index (χ2v) is 11.9. The topological polar surface area (TPSA) is 107 Å². The van der Waals surface area contributed by atoms with Crippen molar-refractivity contribution < 1.29 is 24.2 Å². The quantitative estimate of drug-likeness (QED) is 0.598. The molecule has 6 aliphatic rings. The zero-order chi connectivity index (χ0) is 25.3. The minimum Gasteiger partial charge on any atom is -0.390 e. The molecule has 5 fully saturated rings. The van der Waals surface area contributed by atoms with Crippen LogP contribution in [0.5, 0.6) is 0 Å². The van der Waals surface area contributed by atoms with Crippen LogP contribution in [0.4, 0.5) is 0 Å². The van der Waals surface area contributed by atoms with Gasteiger partial charge in [0, 0.05) is 43.8 Å². The summed E-state index contributed by atoms with van der Waals surface area (Å²) in [6, 6.07) is 0.202. The molecule has 0 aromatic carbocycles. The molecule has 1 amide bonds. The third kappa shape index (κ3) is 3.85. The van der Waals surface area contributed by atoms with E-state index < -0.39 is 17.3 Å². The van der Waals surface area contributed by atoms with Gasteiger partial charge in [0.2, 0.25) is 5.78 Å². The van der Waals surface area contributed by atoms with Gasteiger partial charge in [-0.05, 0) is 49.9 Å². The van der Waals surface area contributed by atoms with Gasteiger partial charge in [-0.3, -0.25) is 19.3 Å². The van der Waals surface area contributed by atoms with Crippen molar-refractivity contribution in [3.63, 3.8) is 0 Å². The maximum Gasteiger partial charge on any atom is 0.290 e. The lowest BCUT2D eigenvalue weighted by atomic mass is 9.52. The summed E-state index contributed by atoms with van der Waals surface area (Å²) < 4.78 is 13.0. The first-order valence-electron chi connectivity index (χ1n) is 13.6. The number of aromatic nitrogens is 3. The monoisotopic (exact) mass is 506 g/mol. The molecule has 5 aliphatic carbocycles. The fraction of sp³-hybridized carbons (Fsp3) is 0.643. The number of carbonyl (C=O) groups excluding carboxylic acids is 2. The van der Waals surface area contributed by atoms with Gasteiger partial charge in [-0.1, -0.05) is 12.2 Å². The maximum absolute atomic E-state index is 13.2. The first-order valence-corrected chi connectivity index (χ1v) is 13.6. The Hall–Kier alpha value is -2.62. The second-order valence-electron chi connectivity index (χ2n) is 11.9. The fourth-order valence-electron chi connectivity index (χ4n) is 8.17. The van der Waals surface area contributed by atoms with Gasteiger partial charge in [0.15, 0.2) is 0 Å². The number of hydrogen-bond acceptors (Lipinski definition) is 7. The average molecular weight is 507 g/mol. The van der Waals surface area contributed by atoms with Crippen molar-refractivity contribution in [3.8, 4) is 0 Å². The summed E-state index contributed by atoms with van der Waals surface area (Å²) in [6.07, 6.45) is 11.4. The first kappa shape index (κ1) is 23.5. The van der Waals surface area contributed by atoms with E-state index in [0.29, 0.717) is 49.8 Å². The van der Waals surface area contributed by atoms with Crippen molar-refractivity contribution >= 4 is 28.7 Å². The number of nitrogens with zero attached hydrogens (tertiary/aromatic N) is 4. The van der Waals surface area contributed by atoms with E-state index in [1.807, 2.05) is 6.20 Å². The highest BCUT2D eigenvalue weighted by atomic mass is 16.5. The van der Waals surface area contributed by atoms with E-state index in [2.05, 4.69) is 21.8 Å². The van der Waals surface area contributed by atoms with Crippen molar-refractivity contribution in [2.75, 3.05) is 33.4 Å². The number of methoxy groups -OCH3 is 1. The standard InChI is InChI=1S/C28H34N4O5/c1-36-15-19-14-31(5-6-37-19)27(34)24(33)9-23-21-13-29-22-4-2-3-20(22)26(21)32(30-23)25-17-7-16-8-18(25)12-28(35,10-16)11-17/h2-3,13,16-19,25,35H,4-12,14-15H2,1H3/t16?,17-,18+,19-,25?,28?/m0/s1. The molecule has 2 aromatic heterocycles. The number of carbonyl (C=O) groups is 2. The highest BCUT2D eigenvalue weighted by Crippen LogP contribution is 2.60.